The van der Waals surface area contributed by atoms with Gasteiger partial charge in [-0.2, -0.15) is 0 Å². The lowest BCUT2D eigenvalue weighted by molar-refractivity contribution is -0.184. The van der Waals surface area contributed by atoms with Crippen LogP contribution in [0.5, 0.6) is 0 Å². The van der Waals surface area contributed by atoms with Crippen molar-refractivity contribution in [2.24, 2.45) is 28.6 Å². The average Bonchev–Trinajstić information content (AvgIpc) is 3.22. The number of Topliss-reactive ketones (excluding diaryl/α,β-unsaturated/α-hetero) is 1. The number of allylic oxidation sites excluding steroid dienone is 2. The van der Waals surface area contributed by atoms with Crippen molar-refractivity contribution in [2.45, 2.75) is 115 Å². The Morgan fingerprint density at radius 3 is 2.63 bits per heavy atom. The molecule has 0 radical (unpaired) electrons. The maximum atomic E-state index is 13.4. The van der Waals surface area contributed by atoms with E-state index < -0.39 is 35.5 Å². The molecule has 3 N–H and O–H groups in total. The van der Waals surface area contributed by atoms with E-state index in [-0.39, 0.29) is 54.1 Å². The fourth-order valence-electron chi connectivity index (χ4n) is 9.29. The zero-order chi connectivity index (χ0) is 29.4. The van der Waals surface area contributed by atoms with Crippen molar-refractivity contribution in [3.8, 4) is 0 Å². The molecule has 0 heterocycles. The van der Waals surface area contributed by atoms with Crippen molar-refractivity contribution in [1.82, 2.24) is 5.32 Å². The number of hydrogen-bond donors (Lipinski definition) is 3. The molecule has 5 aliphatic carbocycles. The zero-order valence-corrected chi connectivity index (χ0v) is 24.7. The predicted octanol–water partition coefficient (Wildman–Crippen LogP) is 4.12. The third-order valence-electron chi connectivity index (χ3n) is 11.6. The van der Waals surface area contributed by atoms with Crippen LogP contribution in [0.1, 0.15) is 104 Å². The molecule has 3 saturated carbocycles. The summed E-state index contributed by atoms with van der Waals surface area (Å²) < 4.78 is 5.25. The van der Waals surface area contributed by atoms with Gasteiger partial charge in [-0.3, -0.25) is 19.2 Å². The maximum absolute atomic E-state index is 13.4. The molecule has 3 fully saturated rings. The van der Waals surface area contributed by atoms with E-state index in [4.69, 9.17) is 4.74 Å². The van der Waals surface area contributed by atoms with Gasteiger partial charge in [-0.25, -0.2) is 0 Å². The van der Waals surface area contributed by atoms with E-state index in [0.29, 0.717) is 25.8 Å². The van der Waals surface area contributed by atoms with Crippen LogP contribution in [0.4, 0.5) is 0 Å². The van der Waals surface area contributed by atoms with Gasteiger partial charge in [0, 0.05) is 24.8 Å². The Morgan fingerprint density at radius 1 is 1.07 bits per heavy atom. The van der Waals surface area contributed by atoms with Gasteiger partial charge < -0.3 is 20.3 Å². The molecule has 8 nitrogen and oxygen atoms in total. The Morgan fingerprint density at radius 2 is 1.88 bits per heavy atom. The smallest absolute Gasteiger partial charge is 0.306 e. The number of aliphatic hydroxyl groups excluding tert-OH is 1. The molecule has 0 aromatic carbocycles. The minimum absolute atomic E-state index is 0.00510. The van der Waals surface area contributed by atoms with Crippen LogP contribution in [-0.4, -0.2) is 58.5 Å². The number of ether oxygens (including phenoxy) is 1. The summed E-state index contributed by atoms with van der Waals surface area (Å²) in [6.07, 6.45) is 12.7. The highest BCUT2D eigenvalue weighted by Gasteiger charge is 2.68. The van der Waals surface area contributed by atoms with Gasteiger partial charge in [0.1, 0.15) is 5.60 Å². The van der Waals surface area contributed by atoms with Crippen LogP contribution in [0.3, 0.4) is 0 Å². The second kappa shape index (κ2) is 11.8. The number of carbonyl (C=O) groups is 4. The van der Waals surface area contributed by atoms with Gasteiger partial charge in [0.25, 0.3) is 0 Å². The summed E-state index contributed by atoms with van der Waals surface area (Å²) in [4.78, 5) is 50.1. The highest BCUT2D eigenvalue weighted by atomic mass is 16.5. The van der Waals surface area contributed by atoms with E-state index in [0.717, 1.165) is 44.1 Å². The van der Waals surface area contributed by atoms with E-state index in [2.05, 4.69) is 18.3 Å². The van der Waals surface area contributed by atoms with Crippen molar-refractivity contribution in [3.05, 3.63) is 23.3 Å². The number of ketones is 2. The van der Waals surface area contributed by atoms with Crippen LogP contribution >= 0.6 is 0 Å². The Hall–Kier alpha value is -2.32. The van der Waals surface area contributed by atoms with Gasteiger partial charge in [-0.15, -0.1) is 0 Å². The highest BCUT2D eigenvalue weighted by molar-refractivity contribution is 5.92. The number of fused-ring (bicyclic) bond motifs is 5. The van der Waals surface area contributed by atoms with Crippen LogP contribution in [0.25, 0.3) is 0 Å². The zero-order valence-electron chi connectivity index (χ0n) is 24.7. The van der Waals surface area contributed by atoms with Crippen molar-refractivity contribution in [3.63, 3.8) is 0 Å². The number of nitrogens with one attached hydrogen (secondary N) is 1. The van der Waals surface area contributed by atoms with E-state index in [9.17, 15) is 29.4 Å². The lowest BCUT2D eigenvalue weighted by Crippen LogP contribution is -2.62. The van der Waals surface area contributed by atoms with E-state index >= 15 is 0 Å². The Kier molecular flexibility index (Phi) is 8.64. The first-order valence-corrected chi connectivity index (χ1v) is 15.8. The number of amides is 1. The molecule has 8 heteroatoms. The van der Waals surface area contributed by atoms with Crippen LogP contribution in [-0.2, 0) is 23.9 Å². The van der Waals surface area contributed by atoms with Crippen LogP contribution in [0, 0.1) is 28.6 Å². The summed E-state index contributed by atoms with van der Waals surface area (Å²) in [6, 6.07) is 0. The minimum Gasteiger partial charge on any atom is -0.458 e. The molecule has 1 amide bonds. The molecular weight excluding hydrogens is 522 g/mol. The molecule has 0 saturated heterocycles. The molecule has 7 atom stereocenters. The van der Waals surface area contributed by atoms with Crippen LogP contribution < -0.4 is 5.32 Å². The van der Waals surface area contributed by atoms with Gasteiger partial charge in [-0.05, 0) is 99.9 Å². The molecule has 5 rings (SSSR count). The molecular formula is C33H47NO7. The topological polar surface area (TPSA) is 130 Å². The molecule has 5 aliphatic rings. The van der Waals surface area contributed by atoms with Gasteiger partial charge in [0.05, 0.1) is 12.5 Å². The predicted molar refractivity (Wildman–Crippen MR) is 152 cm³/mol. The van der Waals surface area contributed by atoms with E-state index in [1.807, 2.05) is 6.92 Å². The number of aliphatic hydroxyl groups is 2. The first-order valence-electron chi connectivity index (χ1n) is 15.8. The SMILES string of the molecule is CC12CCC(=O)C=C1CCC1C2C(O)CC2(C)C1CCC2(O)C(=O)COC(=O)CCC(=O)NCCC1=CCCCC1. The summed E-state index contributed by atoms with van der Waals surface area (Å²) in [5.41, 5.74) is -0.233. The molecule has 0 bridgehead atoms. The first-order chi connectivity index (χ1) is 19.5. The van der Waals surface area contributed by atoms with Crippen LogP contribution in [0.15, 0.2) is 23.3 Å². The number of carbonyl (C=O) groups excluding carboxylic acids is 4. The molecule has 0 aromatic heterocycles. The average molecular weight is 570 g/mol. The Bertz CT molecular complexity index is 1140. The largest absolute Gasteiger partial charge is 0.458 e. The van der Waals surface area contributed by atoms with Gasteiger partial charge in [0.2, 0.25) is 11.7 Å². The normalized spacial score (nSPS) is 38.1. The minimum atomic E-state index is -1.69. The van der Waals surface area contributed by atoms with E-state index in [1.165, 1.54) is 18.4 Å². The Labute approximate surface area is 243 Å². The number of hydrogen-bond acceptors (Lipinski definition) is 7. The summed E-state index contributed by atoms with van der Waals surface area (Å²) in [7, 11) is 0. The molecule has 7 unspecified atom stereocenters. The summed E-state index contributed by atoms with van der Waals surface area (Å²) in [5, 5.41) is 26.2. The van der Waals surface area contributed by atoms with Crippen molar-refractivity contribution in [1.29, 1.82) is 0 Å². The molecule has 226 valence electrons. The fraction of sp³-hybridized carbons (Fsp3) is 0.758. The standard InChI is InChI=1S/C33H47NO7/c1-31-15-12-23(35)18-22(31)8-9-24-25-13-16-33(40,32(25,2)19-26(36)30(24)31)27(37)20-41-29(39)11-10-28(38)34-17-14-21-6-4-3-5-7-21/h6,18,24-26,30,36,40H,3-5,7-17,19-20H2,1-2H3,(H,34,38). The van der Waals surface area contributed by atoms with Crippen LogP contribution in [0.2, 0.25) is 0 Å². The van der Waals surface area contributed by atoms with Gasteiger partial charge in [-0.1, -0.05) is 31.1 Å². The lowest BCUT2D eigenvalue weighted by Gasteiger charge is -2.60. The first kappa shape index (κ1) is 30.1. The second-order valence-corrected chi connectivity index (χ2v) is 13.8. The molecule has 41 heavy (non-hydrogen) atoms. The molecule has 0 aliphatic heterocycles. The number of rotatable bonds is 9. The quantitative estimate of drug-likeness (QED) is 0.281. The van der Waals surface area contributed by atoms with Crippen molar-refractivity contribution in [2.75, 3.05) is 13.2 Å². The molecule has 0 aromatic rings. The highest BCUT2D eigenvalue weighted by Crippen LogP contribution is 2.67. The fourth-order valence-corrected chi connectivity index (χ4v) is 9.29. The second-order valence-electron chi connectivity index (χ2n) is 13.8. The monoisotopic (exact) mass is 569 g/mol. The van der Waals surface area contributed by atoms with E-state index in [1.54, 1.807) is 6.08 Å². The summed E-state index contributed by atoms with van der Waals surface area (Å²) in [6.45, 7) is 4.10. The maximum Gasteiger partial charge on any atom is 0.306 e. The summed E-state index contributed by atoms with van der Waals surface area (Å²) in [5.74, 6) is -1.02. The number of esters is 1. The lowest BCUT2D eigenvalue weighted by atomic mass is 9.45. The third kappa shape index (κ3) is 5.58. The molecule has 0 spiro atoms. The van der Waals surface area contributed by atoms with Crippen molar-refractivity contribution < 1.29 is 34.1 Å². The summed E-state index contributed by atoms with van der Waals surface area (Å²) >= 11 is 0. The van der Waals surface area contributed by atoms with Gasteiger partial charge in [0.15, 0.2) is 12.4 Å². The third-order valence-corrected chi connectivity index (χ3v) is 11.6. The van der Waals surface area contributed by atoms with Crippen molar-refractivity contribution >= 4 is 23.4 Å². The van der Waals surface area contributed by atoms with Gasteiger partial charge >= 0.3 is 5.97 Å². The Balaban J connectivity index is 1.14.